The van der Waals surface area contributed by atoms with E-state index in [1.54, 1.807) is 6.92 Å². The minimum Gasteiger partial charge on any atom is -0.481 e. The zero-order valence-corrected chi connectivity index (χ0v) is 9.66. The number of nitrogens with one attached hydrogen (secondary N) is 2. The SMILES string of the molecule is C#CCC(C)NC(=O)NC(=O)CCCC(=O)O. The number of amides is 3. The average Bonchev–Trinajstić information content (AvgIpc) is 2.16. The van der Waals surface area contributed by atoms with Gasteiger partial charge in [0.1, 0.15) is 0 Å². The molecule has 0 fully saturated rings. The predicted octanol–water partition coefficient (Wildman–Crippen LogP) is 0.479. The Kier molecular flexibility index (Phi) is 7.19. The van der Waals surface area contributed by atoms with Crippen molar-refractivity contribution in [1.29, 1.82) is 0 Å². The molecule has 1 atom stereocenters. The lowest BCUT2D eigenvalue weighted by Gasteiger charge is -2.11. The van der Waals surface area contributed by atoms with E-state index in [1.807, 2.05) is 0 Å². The molecular formula is C11H16N2O4. The maximum absolute atomic E-state index is 11.2. The van der Waals surface area contributed by atoms with Gasteiger partial charge in [0, 0.05) is 25.3 Å². The van der Waals surface area contributed by atoms with E-state index in [-0.39, 0.29) is 25.3 Å². The number of aliphatic carboxylic acids is 1. The van der Waals surface area contributed by atoms with Gasteiger partial charge in [0.15, 0.2) is 0 Å². The molecule has 0 aliphatic heterocycles. The van der Waals surface area contributed by atoms with Crippen LogP contribution < -0.4 is 10.6 Å². The summed E-state index contributed by atoms with van der Waals surface area (Å²) in [5.74, 6) is 0.909. The summed E-state index contributed by atoms with van der Waals surface area (Å²) in [7, 11) is 0. The number of urea groups is 1. The van der Waals surface area contributed by atoms with Crippen molar-refractivity contribution in [1.82, 2.24) is 10.6 Å². The number of imide groups is 1. The van der Waals surface area contributed by atoms with Gasteiger partial charge in [-0.1, -0.05) is 0 Å². The summed E-state index contributed by atoms with van der Waals surface area (Å²) in [6.07, 6.45) is 5.54. The van der Waals surface area contributed by atoms with Crippen molar-refractivity contribution in [3.8, 4) is 12.3 Å². The highest BCUT2D eigenvalue weighted by Gasteiger charge is 2.10. The van der Waals surface area contributed by atoms with Crippen molar-refractivity contribution < 1.29 is 19.5 Å². The zero-order valence-electron chi connectivity index (χ0n) is 9.66. The third-order valence-electron chi connectivity index (χ3n) is 1.85. The minimum atomic E-state index is -0.968. The smallest absolute Gasteiger partial charge is 0.321 e. The maximum atomic E-state index is 11.2. The van der Waals surface area contributed by atoms with Crippen molar-refractivity contribution in [3.05, 3.63) is 0 Å². The highest BCUT2D eigenvalue weighted by atomic mass is 16.4. The van der Waals surface area contributed by atoms with Crippen LogP contribution in [0.4, 0.5) is 4.79 Å². The molecule has 0 aliphatic carbocycles. The summed E-state index contributed by atoms with van der Waals surface area (Å²) in [4.78, 5) is 32.6. The van der Waals surface area contributed by atoms with Gasteiger partial charge in [-0.25, -0.2) is 4.79 Å². The van der Waals surface area contributed by atoms with Crippen LogP contribution in [0.1, 0.15) is 32.6 Å². The second-order valence-corrected chi connectivity index (χ2v) is 3.58. The first-order valence-electron chi connectivity index (χ1n) is 5.21. The largest absolute Gasteiger partial charge is 0.481 e. The summed E-state index contributed by atoms with van der Waals surface area (Å²) in [5, 5.41) is 12.9. The molecule has 0 spiro atoms. The molecule has 0 bridgehead atoms. The first kappa shape index (κ1) is 15.0. The van der Waals surface area contributed by atoms with Crippen LogP contribution in [0.5, 0.6) is 0 Å². The van der Waals surface area contributed by atoms with Crippen molar-refractivity contribution in [2.75, 3.05) is 0 Å². The molecule has 0 aliphatic rings. The molecule has 3 amide bonds. The van der Waals surface area contributed by atoms with Crippen LogP contribution in [0, 0.1) is 12.3 Å². The van der Waals surface area contributed by atoms with Gasteiger partial charge in [0.25, 0.3) is 0 Å². The van der Waals surface area contributed by atoms with Gasteiger partial charge in [-0.05, 0) is 13.3 Å². The van der Waals surface area contributed by atoms with Crippen LogP contribution in [0.3, 0.4) is 0 Å². The molecule has 94 valence electrons. The van der Waals surface area contributed by atoms with E-state index in [0.717, 1.165) is 0 Å². The molecule has 0 heterocycles. The quantitative estimate of drug-likeness (QED) is 0.588. The van der Waals surface area contributed by atoms with Gasteiger partial charge >= 0.3 is 12.0 Å². The molecule has 0 radical (unpaired) electrons. The Hall–Kier alpha value is -2.03. The molecule has 3 N–H and O–H groups in total. The first-order chi connectivity index (χ1) is 7.95. The highest BCUT2D eigenvalue weighted by Crippen LogP contribution is 1.95. The fourth-order valence-electron chi connectivity index (χ4n) is 1.08. The lowest BCUT2D eigenvalue weighted by Crippen LogP contribution is -2.43. The third kappa shape index (κ3) is 8.93. The normalized spacial score (nSPS) is 11.1. The molecule has 0 rings (SSSR count). The fourth-order valence-corrected chi connectivity index (χ4v) is 1.08. The van der Waals surface area contributed by atoms with Crippen molar-refractivity contribution in [2.24, 2.45) is 0 Å². The molecule has 1 unspecified atom stereocenters. The second-order valence-electron chi connectivity index (χ2n) is 3.58. The molecule has 0 aromatic heterocycles. The summed E-state index contributed by atoms with van der Waals surface area (Å²) < 4.78 is 0. The average molecular weight is 240 g/mol. The Morgan fingerprint density at radius 1 is 1.35 bits per heavy atom. The van der Waals surface area contributed by atoms with Crippen molar-refractivity contribution >= 4 is 17.9 Å². The van der Waals surface area contributed by atoms with E-state index in [4.69, 9.17) is 11.5 Å². The van der Waals surface area contributed by atoms with E-state index >= 15 is 0 Å². The van der Waals surface area contributed by atoms with Gasteiger partial charge in [-0.2, -0.15) is 0 Å². The Bertz CT molecular complexity index is 333. The molecule has 17 heavy (non-hydrogen) atoms. The Morgan fingerprint density at radius 2 is 2.00 bits per heavy atom. The van der Waals surface area contributed by atoms with E-state index in [1.165, 1.54) is 0 Å². The van der Waals surface area contributed by atoms with Gasteiger partial charge in [0.05, 0.1) is 0 Å². The number of carboxylic acid groups (broad SMARTS) is 1. The molecule has 6 heteroatoms. The minimum absolute atomic E-state index is 0.00321. The monoisotopic (exact) mass is 240 g/mol. The van der Waals surface area contributed by atoms with E-state index in [9.17, 15) is 14.4 Å². The summed E-state index contributed by atoms with van der Waals surface area (Å²) in [5.41, 5.74) is 0. The molecule has 0 aromatic carbocycles. The van der Waals surface area contributed by atoms with Crippen LogP contribution in [-0.4, -0.2) is 29.1 Å². The number of rotatable bonds is 6. The zero-order chi connectivity index (χ0) is 13.3. The summed E-state index contributed by atoms with van der Waals surface area (Å²) >= 11 is 0. The van der Waals surface area contributed by atoms with E-state index < -0.39 is 17.9 Å². The molecule has 6 nitrogen and oxygen atoms in total. The third-order valence-corrected chi connectivity index (χ3v) is 1.85. The lowest BCUT2D eigenvalue weighted by molar-refractivity contribution is -0.137. The number of carboxylic acids is 1. The van der Waals surface area contributed by atoms with Crippen molar-refractivity contribution in [3.63, 3.8) is 0 Å². The topological polar surface area (TPSA) is 95.5 Å². The molecule has 0 saturated heterocycles. The van der Waals surface area contributed by atoms with E-state index in [0.29, 0.717) is 6.42 Å². The van der Waals surface area contributed by atoms with Crippen LogP contribution in [-0.2, 0) is 9.59 Å². The standard InChI is InChI=1S/C11H16N2O4/c1-3-5-8(2)12-11(17)13-9(14)6-4-7-10(15)16/h1,8H,4-7H2,2H3,(H,15,16)(H2,12,13,14,17). The Morgan fingerprint density at radius 3 is 2.53 bits per heavy atom. The van der Waals surface area contributed by atoms with Gasteiger partial charge in [-0.3, -0.25) is 14.9 Å². The summed E-state index contributed by atoms with van der Waals surface area (Å²) in [6, 6.07) is -0.833. The van der Waals surface area contributed by atoms with Gasteiger partial charge in [0.2, 0.25) is 5.91 Å². The Balaban J connectivity index is 3.77. The van der Waals surface area contributed by atoms with Gasteiger partial charge in [-0.15, -0.1) is 12.3 Å². The predicted molar refractivity (Wildman–Crippen MR) is 61.1 cm³/mol. The first-order valence-corrected chi connectivity index (χ1v) is 5.21. The molecular weight excluding hydrogens is 224 g/mol. The summed E-state index contributed by atoms with van der Waals surface area (Å²) in [6.45, 7) is 1.72. The van der Waals surface area contributed by atoms with E-state index in [2.05, 4.69) is 16.6 Å². The maximum Gasteiger partial charge on any atom is 0.321 e. The van der Waals surface area contributed by atoms with Crippen LogP contribution in [0.15, 0.2) is 0 Å². The highest BCUT2D eigenvalue weighted by molar-refractivity contribution is 5.94. The van der Waals surface area contributed by atoms with Crippen LogP contribution in [0.25, 0.3) is 0 Å². The molecule has 0 saturated carbocycles. The number of hydrogen-bond donors (Lipinski definition) is 3. The van der Waals surface area contributed by atoms with Crippen LogP contribution >= 0.6 is 0 Å². The van der Waals surface area contributed by atoms with Crippen molar-refractivity contribution in [2.45, 2.75) is 38.6 Å². The van der Waals surface area contributed by atoms with Gasteiger partial charge < -0.3 is 10.4 Å². The Labute approximate surface area is 99.8 Å². The fraction of sp³-hybridized carbons (Fsp3) is 0.545. The lowest BCUT2D eigenvalue weighted by atomic mass is 10.2. The molecule has 0 aromatic rings. The second kappa shape index (κ2) is 8.16. The number of carbonyl (C=O) groups excluding carboxylic acids is 2. The van der Waals surface area contributed by atoms with Crippen LogP contribution in [0.2, 0.25) is 0 Å². The number of hydrogen-bond acceptors (Lipinski definition) is 3. The number of carbonyl (C=O) groups is 3. The number of terminal acetylenes is 1.